The maximum absolute atomic E-state index is 13.4. The zero-order valence-electron chi connectivity index (χ0n) is 7.71. The Morgan fingerprint density at radius 1 is 1.53 bits per heavy atom. The molecule has 2 aliphatic rings. The molecule has 3 atom stereocenters. The van der Waals surface area contributed by atoms with Crippen molar-refractivity contribution in [3.05, 3.63) is 33.5 Å². The van der Waals surface area contributed by atoms with Gasteiger partial charge in [0, 0.05) is 10.4 Å². The molecular weight excluding hydrogens is 263 g/mol. The maximum Gasteiger partial charge on any atom is 0.307 e. The molecule has 1 fully saturated rings. The summed E-state index contributed by atoms with van der Waals surface area (Å²) in [5.74, 6) is -1.11. The maximum atomic E-state index is 13.4. The monoisotopic (exact) mass is 270 g/mol. The van der Waals surface area contributed by atoms with Crippen molar-refractivity contribution in [1.29, 1.82) is 0 Å². The molecule has 1 saturated carbocycles. The van der Waals surface area contributed by atoms with Crippen LogP contribution < -0.4 is 0 Å². The first kappa shape index (κ1) is 9.33. The summed E-state index contributed by atoms with van der Waals surface area (Å²) >= 11 is 3.37. The highest BCUT2D eigenvalue weighted by Gasteiger charge is 2.60. The quantitative estimate of drug-likeness (QED) is 0.852. The Balaban J connectivity index is 2.09. The summed E-state index contributed by atoms with van der Waals surface area (Å²) in [5, 5.41) is 8.94. The Labute approximate surface area is 94.2 Å². The molecule has 1 N–H and O–H groups in total. The molecule has 0 bridgehead atoms. The lowest BCUT2D eigenvalue weighted by Gasteiger charge is -2.08. The number of carboxylic acids is 1. The van der Waals surface area contributed by atoms with Gasteiger partial charge in [0.05, 0.1) is 5.92 Å². The average Bonchev–Trinajstić information content (AvgIpc) is 2.75. The standard InChI is InChI=1S/C11H8BrFO2/c12-6-1-2-7(13)4-3-5-9(8(4)6)10(5)11(14)15/h1-2,5,9-10H,3H2,(H,14,15)/t5-,9-,10+/m0/s1. The molecule has 3 rings (SSSR count). The van der Waals surface area contributed by atoms with Crippen LogP contribution in [0.1, 0.15) is 17.0 Å². The third kappa shape index (κ3) is 1.11. The van der Waals surface area contributed by atoms with Crippen molar-refractivity contribution < 1.29 is 14.3 Å². The van der Waals surface area contributed by atoms with E-state index >= 15 is 0 Å². The van der Waals surface area contributed by atoms with E-state index in [4.69, 9.17) is 5.11 Å². The van der Waals surface area contributed by atoms with Crippen LogP contribution in [0.5, 0.6) is 0 Å². The zero-order chi connectivity index (χ0) is 10.7. The van der Waals surface area contributed by atoms with Crippen molar-refractivity contribution in [2.24, 2.45) is 11.8 Å². The van der Waals surface area contributed by atoms with Gasteiger partial charge in [-0.15, -0.1) is 0 Å². The molecule has 0 heterocycles. The first-order valence-electron chi connectivity index (χ1n) is 4.81. The molecule has 4 heteroatoms. The van der Waals surface area contributed by atoms with Gasteiger partial charge in [0.2, 0.25) is 0 Å². The first-order valence-corrected chi connectivity index (χ1v) is 5.60. The largest absolute Gasteiger partial charge is 0.481 e. The third-order valence-electron chi connectivity index (χ3n) is 3.47. The van der Waals surface area contributed by atoms with E-state index in [-0.39, 0.29) is 23.6 Å². The molecule has 78 valence electrons. The van der Waals surface area contributed by atoms with Crippen molar-refractivity contribution in [3.63, 3.8) is 0 Å². The van der Waals surface area contributed by atoms with Gasteiger partial charge in [0.15, 0.2) is 0 Å². The van der Waals surface area contributed by atoms with Gasteiger partial charge in [-0.3, -0.25) is 4.79 Å². The Bertz CT molecular complexity index is 472. The van der Waals surface area contributed by atoms with E-state index in [0.717, 1.165) is 10.0 Å². The third-order valence-corrected chi connectivity index (χ3v) is 4.17. The van der Waals surface area contributed by atoms with E-state index in [0.29, 0.717) is 12.0 Å². The van der Waals surface area contributed by atoms with Crippen molar-refractivity contribution in [2.75, 3.05) is 0 Å². The first-order chi connectivity index (χ1) is 7.11. The Morgan fingerprint density at radius 3 is 2.93 bits per heavy atom. The van der Waals surface area contributed by atoms with Gasteiger partial charge in [-0.05, 0) is 35.6 Å². The number of hydrogen-bond donors (Lipinski definition) is 1. The van der Waals surface area contributed by atoms with E-state index in [1.807, 2.05) is 0 Å². The summed E-state index contributed by atoms with van der Waals surface area (Å²) in [5.41, 5.74) is 1.59. The lowest BCUT2D eigenvalue weighted by atomic mass is 10.0. The fourth-order valence-electron chi connectivity index (χ4n) is 2.77. The minimum atomic E-state index is -0.758. The number of carbonyl (C=O) groups is 1. The van der Waals surface area contributed by atoms with Gasteiger partial charge in [-0.2, -0.15) is 0 Å². The van der Waals surface area contributed by atoms with E-state index in [1.54, 1.807) is 6.07 Å². The molecule has 0 radical (unpaired) electrons. The summed E-state index contributed by atoms with van der Waals surface area (Å²) in [6.45, 7) is 0. The summed E-state index contributed by atoms with van der Waals surface area (Å²) < 4.78 is 14.3. The lowest BCUT2D eigenvalue weighted by molar-refractivity contribution is -0.139. The van der Waals surface area contributed by atoms with Crippen LogP contribution in [-0.2, 0) is 11.2 Å². The second kappa shape index (κ2) is 2.82. The summed E-state index contributed by atoms with van der Waals surface area (Å²) in [7, 11) is 0. The predicted molar refractivity (Wildman–Crippen MR) is 55.2 cm³/mol. The molecule has 0 saturated heterocycles. The van der Waals surface area contributed by atoms with Gasteiger partial charge in [-0.1, -0.05) is 15.9 Å². The topological polar surface area (TPSA) is 37.3 Å². The average molecular weight is 271 g/mol. The van der Waals surface area contributed by atoms with Crippen molar-refractivity contribution in [1.82, 2.24) is 0 Å². The van der Waals surface area contributed by atoms with Gasteiger partial charge in [0.1, 0.15) is 5.82 Å². The molecule has 2 nitrogen and oxygen atoms in total. The van der Waals surface area contributed by atoms with Crippen molar-refractivity contribution >= 4 is 21.9 Å². The number of halogens is 2. The van der Waals surface area contributed by atoms with E-state index < -0.39 is 5.97 Å². The molecular formula is C11H8BrFO2. The molecule has 0 unspecified atom stereocenters. The summed E-state index contributed by atoms with van der Waals surface area (Å²) in [6.07, 6.45) is 0.572. The van der Waals surface area contributed by atoms with Gasteiger partial charge >= 0.3 is 5.97 Å². The second-order valence-electron chi connectivity index (χ2n) is 4.18. The van der Waals surface area contributed by atoms with Crippen LogP contribution in [0.2, 0.25) is 0 Å². The fourth-order valence-corrected chi connectivity index (χ4v) is 3.41. The Kier molecular flexibility index (Phi) is 1.75. The highest BCUT2D eigenvalue weighted by atomic mass is 79.9. The van der Waals surface area contributed by atoms with Crippen LogP contribution in [0, 0.1) is 17.7 Å². The highest BCUT2D eigenvalue weighted by Crippen LogP contribution is 2.63. The molecule has 1 aromatic carbocycles. The Morgan fingerprint density at radius 2 is 2.27 bits per heavy atom. The number of benzene rings is 1. The van der Waals surface area contributed by atoms with Gasteiger partial charge < -0.3 is 5.11 Å². The number of rotatable bonds is 1. The fraction of sp³-hybridized carbons (Fsp3) is 0.364. The number of hydrogen-bond acceptors (Lipinski definition) is 1. The normalized spacial score (nSPS) is 30.9. The van der Waals surface area contributed by atoms with E-state index in [2.05, 4.69) is 15.9 Å². The van der Waals surface area contributed by atoms with Crippen molar-refractivity contribution in [2.45, 2.75) is 12.3 Å². The minimum Gasteiger partial charge on any atom is -0.481 e. The van der Waals surface area contributed by atoms with E-state index in [1.165, 1.54) is 6.07 Å². The van der Waals surface area contributed by atoms with Crippen LogP contribution in [0.3, 0.4) is 0 Å². The van der Waals surface area contributed by atoms with Gasteiger partial charge in [0.25, 0.3) is 0 Å². The number of aliphatic carboxylic acids is 1. The van der Waals surface area contributed by atoms with E-state index in [9.17, 15) is 9.18 Å². The molecule has 0 aromatic heterocycles. The summed E-state index contributed by atoms with van der Waals surface area (Å²) in [6, 6.07) is 3.09. The van der Waals surface area contributed by atoms with Gasteiger partial charge in [-0.25, -0.2) is 4.39 Å². The van der Waals surface area contributed by atoms with Crippen LogP contribution in [0.4, 0.5) is 4.39 Å². The molecule has 15 heavy (non-hydrogen) atoms. The minimum absolute atomic E-state index is 0.0302. The Hall–Kier alpha value is -0.900. The number of fused-ring (bicyclic) bond motifs is 3. The van der Waals surface area contributed by atoms with Crippen LogP contribution in [0.25, 0.3) is 0 Å². The SMILES string of the molecule is O=C(O)[C@@H]1[C@H]2Cc3c(F)ccc(Br)c3[C@H]21. The lowest BCUT2D eigenvalue weighted by Crippen LogP contribution is -2.06. The summed E-state index contributed by atoms with van der Waals surface area (Å²) in [4.78, 5) is 10.9. The number of carboxylic acid groups (broad SMARTS) is 1. The molecule has 0 aliphatic heterocycles. The highest BCUT2D eigenvalue weighted by molar-refractivity contribution is 9.10. The predicted octanol–water partition coefficient (Wildman–Crippen LogP) is 2.56. The van der Waals surface area contributed by atoms with Crippen LogP contribution in [-0.4, -0.2) is 11.1 Å². The molecule has 0 spiro atoms. The molecule has 0 amide bonds. The van der Waals surface area contributed by atoms with Crippen molar-refractivity contribution in [3.8, 4) is 0 Å². The molecule has 1 aromatic rings. The smallest absolute Gasteiger partial charge is 0.307 e. The second-order valence-corrected chi connectivity index (χ2v) is 5.03. The molecule has 2 aliphatic carbocycles. The zero-order valence-corrected chi connectivity index (χ0v) is 9.29. The van der Waals surface area contributed by atoms with Crippen LogP contribution in [0.15, 0.2) is 16.6 Å². The van der Waals surface area contributed by atoms with Crippen LogP contribution >= 0.6 is 15.9 Å².